The molecule has 23 heavy (non-hydrogen) atoms. The van der Waals surface area contributed by atoms with E-state index in [0.29, 0.717) is 0 Å². The van der Waals surface area contributed by atoms with Crippen LogP contribution in [0.25, 0.3) is 0 Å². The van der Waals surface area contributed by atoms with Crippen molar-refractivity contribution < 1.29 is 32.6 Å². The number of carboxylic acid groups (broad SMARTS) is 1. The van der Waals surface area contributed by atoms with Gasteiger partial charge in [0.15, 0.2) is 0 Å². The van der Waals surface area contributed by atoms with Crippen molar-refractivity contribution in [1.29, 1.82) is 0 Å². The zero-order chi connectivity index (χ0) is 17.0. The number of benzene rings is 1. The molecule has 1 aromatic rings. The maximum atomic E-state index is 12.9. The highest BCUT2D eigenvalue weighted by Crippen LogP contribution is 2.32. The SMILES string of the molecule is O=C(O)C[C@@H]1CN(C(=O)Cc2ccccc2C(F)(F)F)CCO1. The quantitative estimate of drug-likeness (QED) is 0.916. The number of carbonyl (C=O) groups is 2. The Kier molecular flexibility index (Phi) is 5.25. The third kappa shape index (κ3) is 4.69. The summed E-state index contributed by atoms with van der Waals surface area (Å²) in [6.07, 6.45) is -5.78. The van der Waals surface area contributed by atoms with Gasteiger partial charge in [-0.1, -0.05) is 18.2 Å². The van der Waals surface area contributed by atoms with Gasteiger partial charge in [-0.05, 0) is 11.6 Å². The molecule has 0 radical (unpaired) electrons. The monoisotopic (exact) mass is 331 g/mol. The Morgan fingerprint density at radius 3 is 2.65 bits per heavy atom. The molecule has 0 spiro atoms. The molecule has 1 atom stereocenters. The molecule has 1 aliphatic rings. The largest absolute Gasteiger partial charge is 0.481 e. The molecule has 126 valence electrons. The van der Waals surface area contributed by atoms with Gasteiger partial charge in [0.25, 0.3) is 0 Å². The van der Waals surface area contributed by atoms with Gasteiger partial charge < -0.3 is 14.7 Å². The summed E-state index contributed by atoms with van der Waals surface area (Å²) in [4.78, 5) is 24.3. The van der Waals surface area contributed by atoms with Gasteiger partial charge in [0.1, 0.15) is 0 Å². The summed E-state index contributed by atoms with van der Waals surface area (Å²) in [6.45, 7) is 0.479. The van der Waals surface area contributed by atoms with Crippen LogP contribution in [0.15, 0.2) is 24.3 Å². The second-order valence-electron chi connectivity index (χ2n) is 5.26. The average Bonchev–Trinajstić information content (AvgIpc) is 2.46. The molecule has 0 bridgehead atoms. The summed E-state index contributed by atoms with van der Waals surface area (Å²) in [6, 6.07) is 4.93. The van der Waals surface area contributed by atoms with Gasteiger partial charge in [-0.15, -0.1) is 0 Å². The summed E-state index contributed by atoms with van der Waals surface area (Å²) in [5, 5.41) is 8.74. The molecule has 0 aromatic heterocycles. The van der Waals surface area contributed by atoms with E-state index in [4.69, 9.17) is 9.84 Å². The van der Waals surface area contributed by atoms with Gasteiger partial charge in [0.2, 0.25) is 5.91 Å². The zero-order valence-corrected chi connectivity index (χ0v) is 12.2. The summed E-state index contributed by atoms with van der Waals surface area (Å²) in [5.41, 5.74) is -0.921. The second-order valence-corrected chi connectivity index (χ2v) is 5.26. The summed E-state index contributed by atoms with van der Waals surface area (Å²) >= 11 is 0. The Labute approximate surface area is 130 Å². The average molecular weight is 331 g/mol. The Bertz CT molecular complexity index is 588. The first kappa shape index (κ1) is 17.3. The highest BCUT2D eigenvalue weighted by molar-refractivity contribution is 5.79. The first-order chi connectivity index (χ1) is 10.8. The van der Waals surface area contributed by atoms with Crippen molar-refractivity contribution in [2.45, 2.75) is 25.1 Å². The predicted molar refractivity (Wildman–Crippen MR) is 73.7 cm³/mol. The topological polar surface area (TPSA) is 66.8 Å². The van der Waals surface area contributed by atoms with Crippen LogP contribution in [0.2, 0.25) is 0 Å². The van der Waals surface area contributed by atoms with Crippen molar-refractivity contribution >= 4 is 11.9 Å². The molecule has 5 nitrogen and oxygen atoms in total. The van der Waals surface area contributed by atoms with Crippen molar-refractivity contribution in [3.05, 3.63) is 35.4 Å². The fraction of sp³-hybridized carbons (Fsp3) is 0.467. The summed E-state index contributed by atoms with van der Waals surface area (Å²) in [7, 11) is 0. The van der Waals surface area contributed by atoms with Crippen molar-refractivity contribution in [3.8, 4) is 0 Å². The Morgan fingerprint density at radius 1 is 1.30 bits per heavy atom. The minimum Gasteiger partial charge on any atom is -0.481 e. The minimum absolute atomic E-state index is 0.0688. The number of carbonyl (C=O) groups excluding carboxylic acids is 1. The van der Waals surface area contributed by atoms with E-state index in [1.165, 1.54) is 23.1 Å². The lowest BCUT2D eigenvalue weighted by Crippen LogP contribution is -2.46. The lowest BCUT2D eigenvalue weighted by Gasteiger charge is -2.32. The van der Waals surface area contributed by atoms with E-state index in [0.717, 1.165) is 6.07 Å². The third-order valence-electron chi connectivity index (χ3n) is 3.56. The number of aliphatic carboxylic acids is 1. The molecule has 8 heteroatoms. The number of carboxylic acids is 1. The molecule has 1 aromatic carbocycles. The van der Waals surface area contributed by atoms with Crippen LogP contribution in [0.5, 0.6) is 0 Å². The van der Waals surface area contributed by atoms with E-state index in [1.807, 2.05) is 0 Å². The van der Waals surface area contributed by atoms with E-state index >= 15 is 0 Å². The summed E-state index contributed by atoms with van der Waals surface area (Å²) < 4.78 is 44.1. The standard InChI is InChI=1S/C15H16F3NO4/c16-15(17,18)12-4-2-1-3-10(12)7-13(20)19-5-6-23-11(9-19)8-14(21)22/h1-4,11H,5-9H2,(H,21,22)/t11-/m1/s1. The lowest BCUT2D eigenvalue weighted by atomic mass is 10.0. The Morgan fingerprint density at radius 2 is 2.00 bits per heavy atom. The van der Waals surface area contributed by atoms with Crippen LogP contribution in [0, 0.1) is 0 Å². The molecule has 1 aliphatic heterocycles. The molecule has 1 amide bonds. The molecular weight excluding hydrogens is 315 g/mol. The number of ether oxygens (including phenoxy) is 1. The van der Waals surface area contributed by atoms with Gasteiger partial charge >= 0.3 is 12.1 Å². The van der Waals surface area contributed by atoms with Crippen LogP contribution >= 0.6 is 0 Å². The number of morpholine rings is 1. The molecule has 2 rings (SSSR count). The molecule has 0 unspecified atom stereocenters. The van der Waals surface area contributed by atoms with Gasteiger partial charge in [-0.2, -0.15) is 13.2 Å². The van der Waals surface area contributed by atoms with Crippen molar-refractivity contribution in [1.82, 2.24) is 4.90 Å². The smallest absolute Gasteiger partial charge is 0.416 e. The van der Waals surface area contributed by atoms with Crippen LogP contribution in [0.4, 0.5) is 13.2 Å². The molecule has 1 heterocycles. The molecule has 1 saturated heterocycles. The Balaban J connectivity index is 2.06. The maximum Gasteiger partial charge on any atom is 0.416 e. The van der Waals surface area contributed by atoms with E-state index in [9.17, 15) is 22.8 Å². The second kappa shape index (κ2) is 6.99. The van der Waals surface area contributed by atoms with E-state index in [2.05, 4.69) is 0 Å². The minimum atomic E-state index is -4.52. The van der Waals surface area contributed by atoms with Crippen LogP contribution in [-0.2, 0) is 26.9 Å². The maximum absolute atomic E-state index is 12.9. The lowest BCUT2D eigenvalue weighted by molar-refractivity contribution is -0.148. The molecule has 1 N–H and O–H groups in total. The fourth-order valence-corrected chi connectivity index (χ4v) is 2.49. The van der Waals surface area contributed by atoms with Gasteiger partial charge in [-0.3, -0.25) is 9.59 Å². The molecule has 0 aliphatic carbocycles. The van der Waals surface area contributed by atoms with Gasteiger partial charge in [0.05, 0.1) is 31.1 Å². The normalized spacial score (nSPS) is 18.7. The zero-order valence-electron chi connectivity index (χ0n) is 12.2. The number of nitrogens with zero attached hydrogens (tertiary/aromatic N) is 1. The predicted octanol–water partition coefficient (Wildman–Crippen LogP) is 1.95. The number of hydrogen-bond donors (Lipinski definition) is 1. The number of alkyl halides is 3. The van der Waals surface area contributed by atoms with Gasteiger partial charge in [-0.25, -0.2) is 0 Å². The van der Waals surface area contributed by atoms with Crippen molar-refractivity contribution in [2.24, 2.45) is 0 Å². The molecular formula is C15H16F3NO4. The van der Waals surface area contributed by atoms with Crippen LogP contribution in [-0.4, -0.2) is 47.7 Å². The number of amides is 1. The Hall–Kier alpha value is -2.09. The first-order valence-corrected chi connectivity index (χ1v) is 7.03. The van der Waals surface area contributed by atoms with Crippen LogP contribution < -0.4 is 0 Å². The highest BCUT2D eigenvalue weighted by Gasteiger charge is 2.34. The van der Waals surface area contributed by atoms with Gasteiger partial charge in [0, 0.05) is 13.1 Å². The van der Waals surface area contributed by atoms with E-state index in [-0.39, 0.29) is 38.1 Å². The summed E-state index contributed by atoms with van der Waals surface area (Å²) in [5.74, 6) is -1.52. The third-order valence-corrected chi connectivity index (χ3v) is 3.56. The highest BCUT2D eigenvalue weighted by atomic mass is 19.4. The van der Waals surface area contributed by atoms with E-state index in [1.54, 1.807) is 0 Å². The van der Waals surface area contributed by atoms with Crippen molar-refractivity contribution in [3.63, 3.8) is 0 Å². The number of hydrogen-bond acceptors (Lipinski definition) is 3. The molecule has 1 fully saturated rings. The molecule has 0 saturated carbocycles. The number of halogens is 3. The van der Waals surface area contributed by atoms with Crippen LogP contribution in [0.3, 0.4) is 0 Å². The van der Waals surface area contributed by atoms with E-state index < -0.39 is 29.7 Å². The number of rotatable bonds is 4. The van der Waals surface area contributed by atoms with Crippen molar-refractivity contribution in [2.75, 3.05) is 19.7 Å². The van der Waals surface area contributed by atoms with Crippen LogP contribution in [0.1, 0.15) is 17.5 Å². The fourth-order valence-electron chi connectivity index (χ4n) is 2.49. The first-order valence-electron chi connectivity index (χ1n) is 7.03.